The van der Waals surface area contributed by atoms with Gasteiger partial charge < -0.3 is 0 Å². The molecule has 0 aliphatic heterocycles. The van der Waals surface area contributed by atoms with E-state index in [0.717, 1.165) is 11.4 Å². The summed E-state index contributed by atoms with van der Waals surface area (Å²) in [6, 6.07) is 8.85. The van der Waals surface area contributed by atoms with Crippen LogP contribution in [0, 0.1) is 6.92 Å². The molecule has 0 N–H and O–H groups in total. The first-order chi connectivity index (χ1) is 13.1. The predicted octanol–water partition coefficient (Wildman–Crippen LogP) is 2.87. The molecular weight excluding hydrogens is 382 g/mol. The van der Waals surface area contributed by atoms with E-state index in [1.165, 1.54) is 33.7 Å². The smallest absolute Gasteiger partial charge is 0.275 e. The summed E-state index contributed by atoms with van der Waals surface area (Å²) in [4.78, 5) is 34.8. The third-order valence-corrected chi connectivity index (χ3v) is 5.86. The maximum Gasteiger partial charge on any atom is 0.275 e. The number of thioether (sulfide) groups is 1. The molecule has 0 bridgehead atoms. The Labute approximate surface area is 162 Å². The Morgan fingerprint density at radius 3 is 2.81 bits per heavy atom. The fourth-order valence-electron chi connectivity index (χ4n) is 2.84. The number of nitrogens with zero attached hydrogens (tertiary/aromatic N) is 5. The van der Waals surface area contributed by atoms with Gasteiger partial charge in [0.15, 0.2) is 5.16 Å². The molecule has 4 rings (SSSR count). The van der Waals surface area contributed by atoms with Gasteiger partial charge in [-0.15, -0.1) is 0 Å². The van der Waals surface area contributed by atoms with E-state index < -0.39 is 0 Å². The Hall–Kier alpha value is -2.52. The zero-order valence-electron chi connectivity index (χ0n) is 14.9. The standard InChI is InChI=1S/C18H17N5O2S2/c1-3-8-22-16(25)13-6-4-5-7-14(13)20-17(22)26-10-12-9-15(24)23-18(19-12)27-11(2)21-23/h4-7,9H,3,8,10H2,1-2H3. The number of aryl methyl sites for hydroxylation is 1. The van der Waals surface area contributed by atoms with E-state index >= 15 is 0 Å². The highest BCUT2D eigenvalue weighted by Crippen LogP contribution is 2.22. The number of fused-ring (bicyclic) bond motifs is 2. The van der Waals surface area contributed by atoms with E-state index in [0.29, 0.717) is 39.0 Å². The molecule has 27 heavy (non-hydrogen) atoms. The third-order valence-electron chi connectivity index (χ3n) is 4.02. The molecule has 0 radical (unpaired) electrons. The minimum Gasteiger partial charge on any atom is -0.287 e. The first-order valence-electron chi connectivity index (χ1n) is 8.55. The molecule has 0 fully saturated rings. The van der Waals surface area contributed by atoms with Crippen LogP contribution in [0.5, 0.6) is 0 Å². The minimum absolute atomic E-state index is 0.0356. The second-order valence-corrected chi connectivity index (χ2v) is 8.16. The van der Waals surface area contributed by atoms with Crippen LogP contribution >= 0.6 is 23.1 Å². The number of hydrogen-bond donors (Lipinski definition) is 0. The van der Waals surface area contributed by atoms with Crippen molar-refractivity contribution in [2.45, 2.75) is 37.7 Å². The highest BCUT2D eigenvalue weighted by Gasteiger charge is 2.13. The summed E-state index contributed by atoms with van der Waals surface area (Å²) < 4.78 is 3.02. The van der Waals surface area contributed by atoms with Gasteiger partial charge in [-0.1, -0.05) is 42.2 Å². The first-order valence-corrected chi connectivity index (χ1v) is 10.4. The lowest BCUT2D eigenvalue weighted by Gasteiger charge is -2.12. The van der Waals surface area contributed by atoms with Gasteiger partial charge in [0.1, 0.15) is 5.01 Å². The average Bonchev–Trinajstić information content (AvgIpc) is 3.04. The Bertz CT molecular complexity index is 1260. The summed E-state index contributed by atoms with van der Waals surface area (Å²) in [7, 11) is 0. The summed E-state index contributed by atoms with van der Waals surface area (Å²) in [6.45, 7) is 4.47. The lowest BCUT2D eigenvalue weighted by atomic mass is 10.2. The summed E-state index contributed by atoms with van der Waals surface area (Å²) in [5.74, 6) is 0.456. The molecule has 0 saturated carbocycles. The average molecular weight is 400 g/mol. The second-order valence-electron chi connectivity index (χ2n) is 6.06. The van der Waals surface area contributed by atoms with Gasteiger partial charge in [-0.2, -0.15) is 9.61 Å². The van der Waals surface area contributed by atoms with Crippen LogP contribution in [-0.4, -0.2) is 24.1 Å². The fourth-order valence-corrected chi connectivity index (χ4v) is 4.53. The molecule has 0 amide bonds. The summed E-state index contributed by atoms with van der Waals surface area (Å²) >= 11 is 2.80. The number of para-hydroxylation sites is 1. The maximum atomic E-state index is 12.8. The molecule has 7 nitrogen and oxygen atoms in total. The molecule has 0 aliphatic carbocycles. The van der Waals surface area contributed by atoms with E-state index in [4.69, 9.17) is 0 Å². The molecule has 0 atom stereocenters. The van der Waals surface area contributed by atoms with Crippen molar-refractivity contribution in [1.29, 1.82) is 0 Å². The third kappa shape index (κ3) is 3.40. The molecule has 4 aromatic rings. The van der Waals surface area contributed by atoms with Crippen LogP contribution < -0.4 is 11.1 Å². The van der Waals surface area contributed by atoms with Gasteiger partial charge in [0.25, 0.3) is 11.1 Å². The number of benzene rings is 1. The van der Waals surface area contributed by atoms with Gasteiger partial charge in [-0.05, 0) is 25.5 Å². The van der Waals surface area contributed by atoms with Gasteiger partial charge in [-0.25, -0.2) is 9.97 Å². The van der Waals surface area contributed by atoms with Crippen molar-refractivity contribution < 1.29 is 0 Å². The molecule has 0 spiro atoms. The summed E-state index contributed by atoms with van der Waals surface area (Å²) in [5.41, 5.74) is 1.10. The van der Waals surface area contributed by atoms with Crippen LogP contribution in [0.1, 0.15) is 24.0 Å². The number of rotatable bonds is 5. The highest BCUT2D eigenvalue weighted by atomic mass is 32.2. The Balaban J connectivity index is 1.72. The highest BCUT2D eigenvalue weighted by molar-refractivity contribution is 7.98. The van der Waals surface area contributed by atoms with Crippen LogP contribution in [0.15, 0.2) is 45.1 Å². The Kier molecular flexibility index (Phi) is 4.79. The van der Waals surface area contributed by atoms with Crippen molar-refractivity contribution in [3.63, 3.8) is 0 Å². The molecule has 1 aromatic carbocycles. The minimum atomic E-state index is -0.197. The zero-order valence-corrected chi connectivity index (χ0v) is 16.5. The van der Waals surface area contributed by atoms with Crippen molar-refractivity contribution in [3.8, 4) is 0 Å². The fraction of sp³-hybridized carbons (Fsp3) is 0.278. The lowest BCUT2D eigenvalue weighted by molar-refractivity contribution is 0.584. The Morgan fingerprint density at radius 1 is 1.19 bits per heavy atom. The van der Waals surface area contributed by atoms with Gasteiger partial charge in [0.2, 0.25) is 4.96 Å². The van der Waals surface area contributed by atoms with Crippen LogP contribution in [0.3, 0.4) is 0 Å². The molecule has 0 aliphatic rings. The molecular formula is C18H17N5O2S2. The Morgan fingerprint density at radius 2 is 2.00 bits per heavy atom. The van der Waals surface area contributed by atoms with Gasteiger partial charge in [0, 0.05) is 18.4 Å². The largest absolute Gasteiger partial charge is 0.287 e. The molecule has 0 unspecified atom stereocenters. The normalized spacial score (nSPS) is 11.5. The van der Waals surface area contributed by atoms with Crippen LogP contribution in [0.25, 0.3) is 15.9 Å². The van der Waals surface area contributed by atoms with E-state index in [1.807, 2.05) is 32.0 Å². The van der Waals surface area contributed by atoms with Crippen molar-refractivity contribution >= 4 is 39.0 Å². The van der Waals surface area contributed by atoms with E-state index in [9.17, 15) is 9.59 Å². The van der Waals surface area contributed by atoms with Crippen molar-refractivity contribution in [2.24, 2.45) is 0 Å². The predicted molar refractivity (Wildman–Crippen MR) is 108 cm³/mol. The van der Waals surface area contributed by atoms with E-state index in [-0.39, 0.29) is 11.1 Å². The molecule has 138 valence electrons. The number of aromatic nitrogens is 5. The number of hydrogen-bond acceptors (Lipinski definition) is 7. The van der Waals surface area contributed by atoms with E-state index in [2.05, 4.69) is 15.1 Å². The summed E-state index contributed by atoms with van der Waals surface area (Å²) in [5, 5.41) is 6.20. The van der Waals surface area contributed by atoms with Gasteiger partial charge in [0.05, 0.1) is 16.6 Å². The van der Waals surface area contributed by atoms with Gasteiger partial charge in [-0.3, -0.25) is 14.2 Å². The first kappa shape index (κ1) is 17.9. The molecule has 3 heterocycles. The van der Waals surface area contributed by atoms with Crippen LogP contribution in [-0.2, 0) is 12.3 Å². The van der Waals surface area contributed by atoms with Crippen LogP contribution in [0.4, 0.5) is 0 Å². The van der Waals surface area contributed by atoms with Crippen molar-refractivity contribution in [3.05, 3.63) is 61.7 Å². The SMILES string of the molecule is CCCn1c(SCc2cc(=O)n3nc(C)sc3n2)nc2ccccc2c1=O. The van der Waals surface area contributed by atoms with Crippen molar-refractivity contribution in [1.82, 2.24) is 24.1 Å². The quantitative estimate of drug-likeness (QED) is 0.379. The van der Waals surface area contributed by atoms with Crippen molar-refractivity contribution in [2.75, 3.05) is 0 Å². The van der Waals surface area contributed by atoms with E-state index in [1.54, 1.807) is 10.6 Å². The second kappa shape index (κ2) is 7.24. The zero-order chi connectivity index (χ0) is 19.0. The summed E-state index contributed by atoms with van der Waals surface area (Å²) in [6.07, 6.45) is 0.833. The molecule has 3 aromatic heterocycles. The lowest BCUT2D eigenvalue weighted by Crippen LogP contribution is -2.23. The van der Waals surface area contributed by atoms with Crippen LogP contribution in [0.2, 0.25) is 0 Å². The monoisotopic (exact) mass is 399 g/mol. The topological polar surface area (TPSA) is 82.2 Å². The maximum absolute atomic E-state index is 12.8. The molecule has 9 heteroatoms. The van der Waals surface area contributed by atoms with Gasteiger partial charge >= 0.3 is 0 Å². The molecule has 0 saturated heterocycles.